The van der Waals surface area contributed by atoms with E-state index >= 15 is 4.39 Å². The summed E-state index contributed by atoms with van der Waals surface area (Å²) in [5.74, 6) is -3.45. The van der Waals surface area contributed by atoms with Crippen molar-refractivity contribution in [1.29, 1.82) is 0 Å². The SMILES string of the molecule is C=C(Cl)/C=C\C=C(/F)[C@H]1[C@H](C(=O)N[C@@H]2CC[C@@H](CC(=O)N(C)C)OC2)NC2(CC(CF)(CF)C2)[C@@]12C(=O)Nc1cc(Cl)ccc12. The minimum atomic E-state index is -1.74. The van der Waals surface area contributed by atoms with Crippen molar-refractivity contribution in [2.24, 2.45) is 11.3 Å². The van der Waals surface area contributed by atoms with Gasteiger partial charge in [0.15, 0.2) is 0 Å². The lowest BCUT2D eigenvalue weighted by molar-refractivity contribution is -0.134. The van der Waals surface area contributed by atoms with E-state index in [4.69, 9.17) is 27.9 Å². The molecule has 0 unspecified atom stereocenters. The number of alkyl halides is 2. The van der Waals surface area contributed by atoms with Gasteiger partial charge in [0.25, 0.3) is 0 Å². The van der Waals surface area contributed by atoms with E-state index in [1.165, 1.54) is 23.1 Å². The van der Waals surface area contributed by atoms with Gasteiger partial charge in [-0.3, -0.25) is 28.5 Å². The van der Waals surface area contributed by atoms with E-state index in [1.807, 2.05) is 0 Å². The number of amides is 3. The monoisotopic (exact) mass is 668 g/mol. The van der Waals surface area contributed by atoms with Gasteiger partial charge in [0.2, 0.25) is 17.7 Å². The standard InChI is InChI=1S/C32H37Cl2F3N4O4/c1-18(33)5-4-6-23(37)26-27(28(43)38-20-8-9-21(45-13-20)12-25(42)41(2)3)40-31(14-30(15-31,16-35)17-36)32(26)22-10-7-19(34)11-24(22)39-29(32)44/h4-7,10-11,20-21,26-27,40H,1,8-9,12-17H2,2-3H3,(H,38,43)(H,39,44)/b5-4-,23-6-/t20-,21+,26+,27-,32-/m1/s1. The van der Waals surface area contributed by atoms with E-state index in [0.29, 0.717) is 29.1 Å². The van der Waals surface area contributed by atoms with Gasteiger partial charge in [-0.2, -0.15) is 0 Å². The number of allylic oxidation sites excluding steroid dienone is 4. The van der Waals surface area contributed by atoms with Crippen LogP contribution in [0.4, 0.5) is 18.9 Å². The van der Waals surface area contributed by atoms with E-state index in [9.17, 15) is 23.2 Å². The molecule has 1 aromatic carbocycles. The van der Waals surface area contributed by atoms with Crippen LogP contribution in [0, 0.1) is 11.3 Å². The number of nitrogens with zero attached hydrogens (tertiary/aromatic N) is 1. The third-order valence-corrected chi connectivity index (χ3v) is 10.0. The number of hydrogen-bond acceptors (Lipinski definition) is 5. The molecule has 3 N–H and O–H groups in total. The van der Waals surface area contributed by atoms with E-state index in [2.05, 4.69) is 22.5 Å². The van der Waals surface area contributed by atoms with Gasteiger partial charge in [-0.05, 0) is 55.5 Å². The lowest BCUT2D eigenvalue weighted by Crippen LogP contribution is -2.70. The van der Waals surface area contributed by atoms with Crippen molar-refractivity contribution in [3.8, 4) is 0 Å². The Morgan fingerprint density at radius 2 is 1.93 bits per heavy atom. The summed E-state index contributed by atoms with van der Waals surface area (Å²) in [6.45, 7) is 1.74. The highest BCUT2D eigenvalue weighted by atomic mass is 35.5. The first-order valence-electron chi connectivity index (χ1n) is 14.8. The summed E-state index contributed by atoms with van der Waals surface area (Å²) in [6, 6.07) is 2.96. The van der Waals surface area contributed by atoms with E-state index in [0.717, 1.165) is 6.08 Å². The van der Waals surface area contributed by atoms with Crippen LogP contribution in [0.2, 0.25) is 5.02 Å². The molecule has 45 heavy (non-hydrogen) atoms. The Morgan fingerprint density at radius 1 is 1.22 bits per heavy atom. The molecule has 3 amide bonds. The molecular formula is C32H37Cl2F3N4O4. The highest BCUT2D eigenvalue weighted by molar-refractivity contribution is 6.31. The molecule has 0 radical (unpaired) electrons. The van der Waals surface area contributed by atoms with Crippen molar-refractivity contribution in [2.75, 3.05) is 39.4 Å². The largest absolute Gasteiger partial charge is 0.376 e. The molecule has 8 nitrogen and oxygen atoms in total. The first-order valence-corrected chi connectivity index (χ1v) is 15.6. The van der Waals surface area contributed by atoms with E-state index in [1.54, 1.807) is 26.2 Å². The molecule has 4 aliphatic rings. The summed E-state index contributed by atoms with van der Waals surface area (Å²) in [5.41, 5.74) is -3.74. The molecule has 1 aromatic rings. The zero-order valence-corrected chi connectivity index (χ0v) is 26.6. The Morgan fingerprint density at radius 3 is 2.53 bits per heavy atom. The fraction of sp³-hybridized carbons (Fsp3) is 0.531. The van der Waals surface area contributed by atoms with Crippen LogP contribution in [0.1, 0.15) is 37.7 Å². The molecule has 3 fully saturated rings. The normalized spacial score (nSPS) is 29.8. The second-order valence-corrected chi connectivity index (χ2v) is 13.8. The smallest absolute Gasteiger partial charge is 0.238 e. The highest BCUT2D eigenvalue weighted by Crippen LogP contribution is 2.67. The van der Waals surface area contributed by atoms with Gasteiger partial charge in [0.1, 0.15) is 11.2 Å². The summed E-state index contributed by atoms with van der Waals surface area (Å²) >= 11 is 12.1. The number of fused-ring (bicyclic) bond motifs is 3. The Balaban J connectivity index is 1.52. The van der Waals surface area contributed by atoms with Gasteiger partial charge < -0.3 is 20.3 Å². The zero-order chi connectivity index (χ0) is 32.7. The van der Waals surface area contributed by atoms with Gasteiger partial charge >= 0.3 is 0 Å². The van der Waals surface area contributed by atoms with Crippen LogP contribution in [0.5, 0.6) is 0 Å². The van der Waals surface area contributed by atoms with Crippen LogP contribution in [-0.2, 0) is 24.5 Å². The molecule has 0 bridgehead atoms. The second kappa shape index (κ2) is 12.7. The molecule has 13 heteroatoms. The molecule has 3 heterocycles. The van der Waals surface area contributed by atoms with Crippen LogP contribution in [-0.4, -0.2) is 80.4 Å². The zero-order valence-electron chi connectivity index (χ0n) is 25.1. The van der Waals surface area contributed by atoms with Crippen LogP contribution >= 0.6 is 23.2 Å². The van der Waals surface area contributed by atoms with E-state index < -0.39 is 65.4 Å². The van der Waals surface area contributed by atoms with E-state index in [-0.39, 0.29) is 42.9 Å². The average molecular weight is 670 g/mol. The van der Waals surface area contributed by atoms with Crippen molar-refractivity contribution < 1.29 is 32.3 Å². The minimum absolute atomic E-state index is 0.0697. The number of carbonyl (C=O) groups excluding carboxylic acids is 3. The molecule has 1 aliphatic carbocycles. The third-order valence-electron chi connectivity index (χ3n) is 9.65. The Hall–Kier alpha value is -2.86. The summed E-state index contributed by atoms with van der Waals surface area (Å²) in [4.78, 5) is 41.8. The van der Waals surface area contributed by atoms with Crippen molar-refractivity contribution in [1.82, 2.24) is 15.5 Å². The maximum Gasteiger partial charge on any atom is 0.238 e. The van der Waals surface area contributed by atoms with Crippen LogP contribution in [0.3, 0.4) is 0 Å². The van der Waals surface area contributed by atoms with Gasteiger partial charge in [0.05, 0.1) is 50.5 Å². The predicted molar refractivity (Wildman–Crippen MR) is 166 cm³/mol. The predicted octanol–water partition coefficient (Wildman–Crippen LogP) is 4.88. The number of carbonyl (C=O) groups is 3. The van der Waals surface area contributed by atoms with Crippen LogP contribution in [0.25, 0.3) is 0 Å². The summed E-state index contributed by atoms with van der Waals surface area (Å²) in [5, 5.41) is 9.44. The highest BCUT2D eigenvalue weighted by Gasteiger charge is 2.78. The number of rotatable bonds is 9. The Kier molecular flexibility index (Phi) is 9.48. The van der Waals surface area contributed by atoms with Crippen molar-refractivity contribution in [2.45, 2.75) is 61.2 Å². The molecule has 2 saturated heterocycles. The summed E-state index contributed by atoms with van der Waals surface area (Å²) in [7, 11) is 3.33. The Labute approximate surface area is 270 Å². The van der Waals surface area contributed by atoms with Gasteiger partial charge in [-0.25, -0.2) is 4.39 Å². The first kappa shape index (κ1) is 33.5. The Bertz CT molecular complexity index is 1430. The van der Waals surface area contributed by atoms with Crippen LogP contribution < -0.4 is 16.0 Å². The maximum atomic E-state index is 16.6. The molecule has 3 aliphatic heterocycles. The fourth-order valence-corrected chi connectivity index (χ4v) is 7.89. The van der Waals surface area contributed by atoms with Gasteiger partial charge in [0, 0.05) is 40.8 Å². The van der Waals surface area contributed by atoms with Gasteiger partial charge in [-0.1, -0.05) is 41.9 Å². The molecule has 2 spiro atoms. The minimum Gasteiger partial charge on any atom is -0.376 e. The molecule has 1 saturated carbocycles. The van der Waals surface area contributed by atoms with Gasteiger partial charge in [-0.15, -0.1) is 0 Å². The molecule has 0 aromatic heterocycles. The number of nitrogens with one attached hydrogen (secondary N) is 3. The summed E-state index contributed by atoms with van der Waals surface area (Å²) < 4.78 is 51.0. The molecular weight excluding hydrogens is 632 g/mol. The van der Waals surface area contributed by atoms with Crippen molar-refractivity contribution >= 4 is 46.6 Å². The topological polar surface area (TPSA) is 99.8 Å². The van der Waals surface area contributed by atoms with Crippen LogP contribution in [0.15, 0.2) is 53.9 Å². The average Bonchev–Trinajstić information content (AvgIpc) is 3.44. The fourth-order valence-electron chi connectivity index (χ4n) is 7.65. The summed E-state index contributed by atoms with van der Waals surface area (Å²) in [6.07, 6.45) is 4.48. The number of hydrogen-bond donors (Lipinski definition) is 3. The number of halogens is 5. The molecule has 244 valence electrons. The first-order chi connectivity index (χ1) is 21.3. The number of anilines is 1. The number of benzene rings is 1. The molecule has 5 atom stereocenters. The third kappa shape index (κ3) is 5.81. The quantitative estimate of drug-likeness (QED) is 0.326. The number of ether oxygens (including phenoxy) is 1. The molecule has 5 rings (SSSR count). The van der Waals surface area contributed by atoms with Crippen molar-refractivity contribution in [3.63, 3.8) is 0 Å². The van der Waals surface area contributed by atoms with Crippen molar-refractivity contribution in [3.05, 3.63) is 64.5 Å². The maximum absolute atomic E-state index is 16.6. The lowest BCUT2D eigenvalue weighted by Gasteiger charge is -2.58. The lowest BCUT2D eigenvalue weighted by atomic mass is 9.46. The second-order valence-electron chi connectivity index (χ2n) is 12.8.